The molecule has 2 unspecified atom stereocenters. The largest absolute Gasteiger partial charge is 0.381 e. The maximum Gasteiger partial charge on any atom is 0.166 e. The quantitative estimate of drug-likeness (QED) is 0.594. The molecule has 1 heterocycles. The first kappa shape index (κ1) is 8.26. The number of nitrogens with one attached hydrogen (secondary N) is 2. The zero-order valence-electron chi connectivity index (χ0n) is 7.17. The lowest BCUT2D eigenvalue weighted by atomic mass is 10.3. The Balaban J connectivity index is 1.67. The summed E-state index contributed by atoms with van der Waals surface area (Å²) in [7, 11) is 1.84. The van der Waals surface area contributed by atoms with Crippen molar-refractivity contribution in [2.24, 2.45) is 17.8 Å². The predicted octanol–water partition coefficient (Wildman–Crippen LogP) is -0.0273. The molecule has 2 atom stereocenters. The number of ether oxygens (including phenoxy) is 1. The van der Waals surface area contributed by atoms with E-state index in [-0.39, 0.29) is 0 Å². The molecule has 1 saturated carbocycles. The number of hydrogen-bond acceptors (Lipinski definition) is 2. The van der Waals surface area contributed by atoms with Gasteiger partial charge in [-0.2, -0.15) is 0 Å². The van der Waals surface area contributed by atoms with Gasteiger partial charge in [0.25, 0.3) is 0 Å². The maximum atomic E-state index is 5.29. The second kappa shape index (κ2) is 3.18. The molecule has 2 N–H and O–H groups in total. The molecule has 4 heteroatoms. The summed E-state index contributed by atoms with van der Waals surface area (Å²) >= 11 is 4.98. The normalized spacial score (nSPS) is 37.2. The van der Waals surface area contributed by atoms with Gasteiger partial charge in [-0.3, -0.25) is 0 Å². The molecular weight excluding hydrogens is 172 g/mol. The average Bonchev–Trinajstić information content (AvgIpc) is 2.55. The molecule has 0 spiro atoms. The summed E-state index contributed by atoms with van der Waals surface area (Å²) < 4.78 is 5.29. The lowest BCUT2D eigenvalue weighted by molar-refractivity contribution is 0.151. The summed E-state index contributed by atoms with van der Waals surface area (Å²) in [5, 5.41) is 6.84. The number of hydrogen-bond donors (Lipinski definition) is 2. The third-order valence-corrected chi connectivity index (χ3v) is 3.20. The van der Waals surface area contributed by atoms with Crippen molar-refractivity contribution < 1.29 is 4.74 Å². The van der Waals surface area contributed by atoms with E-state index in [1.807, 2.05) is 7.05 Å². The highest BCUT2D eigenvalue weighted by molar-refractivity contribution is 7.80. The molecule has 0 radical (unpaired) electrons. The first-order chi connectivity index (χ1) is 5.83. The Kier molecular flexibility index (Phi) is 2.19. The van der Waals surface area contributed by atoms with Crippen LogP contribution in [0, 0.1) is 17.8 Å². The summed E-state index contributed by atoms with van der Waals surface area (Å²) in [6.45, 7) is 2.94. The van der Waals surface area contributed by atoms with Gasteiger partial charge < -0.3 is 15.4 Å². The van der Waals surface area contributed by atoms with Gasteiger partial charge in [-0.1, -0.05) is 0 Å². The molecule has 1 aliphatic heterocycles. The summed E-state index contributed by atoms with van der Waals surface area (Å²) in [5.74, 6) is 2.44. The lowest BCUT2D eigenvalue weighted by Crippen LogP contribution is -2.34. The van der Waals surface area contributed by atoms with Crippen molar-refractivity contribution in [2.75, 3.05) is 26.8 Å². The second-order valence-corrected chi connectivity index (χ2v) is 3.90. The highest BCUT2D eigenvalue weighted by Crippen LogP contribution is 2.50. The van der Waals surface area contributed by atoms with Crippen molar-refractivity contribution in [2.45, 2.75) is 0 Å². The predicted molar refractivity (Wildman–Crippen MR) is 50.9 cm³/mol. The van der Waals surface area contributed by atoms with E-state index in [0.717, 1.165) is 42.6 Å². The molecule has 2 aliphatic rings. The summed E-state index contributed by atoms with van der Waals surface area (Å²) in [6.07, 6.45) is 0. The van der Waals surface area contributed by atoms with Gasteiger partial charge in [0.2, 0.25) is 0 Å². The van der Waals surface area contributed by atoms with Crippen molar-refractivity contribution >= 4 is 17.3 Å². The van der Waals surface area contributed by atoms with Crippen LogP contribution in [0.3, 0.4) is 0 Å². The van der Waals surface area contributed by atoms with E-state index in [0.29, 0.717) is 0 Å². The van der Waals surface area contributed by atoms with E-state index in [9.17, 15) is 0 Å². The molecule has 0 aromatic heterocycles. The third kappa shape index (κ3) is 1.41. The van der Waals surface area contributed by atoms with E-state index >= 15 is 0 Å². The van der Waals surface area contributed by atoms with Gasteiger partial charge in [-0.15, -0.1) is 0 Å². The molecule has 0 amide bonds. The Bertz CT molecular complexity index is 187. The fraction of sp³-hybridized carbons (Fsp3) is 0.875. The topological polar surface area (TPSA) is 33.3 Å². The molecular formula is C8H14N2OS. The minimum atomic E-state index is 0.751. The van der Waals surface area contributed by atoms with Gasteiger partial charge in [0.15, 0.2) is 5.11 Å². The molecule has 0 aromatic rings. The van der Waals surface area contributed by atoms with E-state index in [4.69, 9.17) is 17.0 Å². The van der Waals surface area contributed by atoms with Crippen LogP contribution in [0.25, 0.3) is 0 Å². The fourth-order valence-electron chi connectivity index (χ4n) is 1.96. The van der Waals surface area contributed by atoms with Crippen LogP contribution in [0.15, 0.2) is 0 Å². The zero-order valence-corrected chi connectivity index (χ0v) is 7.99. The molecule has 2 fully saturated rings. The van der Waals surface area contributed by atoms with Crippen molar-refractivity contribution in [1.29, 1.82) is 0 Å². The Morgan fingerprint density at radius 2 is 2.17 bits per heavy atom. The Morgan fingerprint density at radius 1 is 1.50 bits per heavy atom. The summed E-state index contributed by atoms with van der Waals surface area (Å²) in [6, 6.07) is 0. The Hall–Kier alpha value is -0.350. The SMILES string of the molecule is CNC(=S)NCC1C2COCC12. The third-order valence-electron chi connectivity index (χ3n) is 2.85. The first-order valence-corrected chi connectivity index (χ1v) is 4.77. The van der Waals surface area contributed by atoms with Crippen molar-refractivity contribution in [3.8, 4) is 0 Å². The molecule has 68 valence electrons. The number of thiocarbonyl (C=S) groups is 1. The van der Waals surface area contributed by atoms with Crippen LogP contribution < -0.4 is 10.6 Å². The van der Waals surface area contributed by atoms with Gasteiger partial charge in [-0.25, -0.2) is 0 Å². The molecule has 12 heavy (non-hydrogen) atoms. The molecule has 3 nitrogen and oxygen atoms in total. The van der Waals surface area contributed by atoms with E-state index in [1.54, 1.807) is 0 Å². The van der Waals surface area contributed by atoms with Gasteiger partial charge in [0, 0.05) is 13.6 Å². The highest BCUT2D eigenvalue weighted by Gasteiger charge is 2.53. The standard InChI is InChI=1S/C8H14N2OS/c1-9-8(12)10-2-5-6-3-11-4-7(5)6/h5-7H,2-4H2,1H3,(H2,9,10,12). The van der Waals surface area contributed by atoms with E-state index < -0.39 is 0 Å². The van der Waals surface area contributed by atoms with Crippen molar-refractivity contribution in [3.05, 3.63) is 0 Å². The Labute approximate surface area is 77.9 Å². The van der Waals surface area contributed by atoms with Gasteiger partial charge in [-0.05, 0) is 30.0 Å². The minimum absolute atomic E-state index is 0.751. The average molecular weight is 186 g/mol. The second-order valence-electron chi connectivity index (χ2n) is 3.49. The van der Waals surface area contributed by atoms with Gasteiger partial charge in [0.1, 0.15) is 0 Å². The van der Waals surface area contributed by atoms with Crippen molar-refractivity contribution in [3.63, 3.8) is 0 Å². The smallest absolute Gasteiger partial charge is 0.166 e. The van der Waals surface area contributed by atoms with Gasteiger partial charge >= 0.3 is 0 Å². The van der Waals surface area contributed by atoms with Crippen LogP contribution in [0.5, 0.6) is 0 Å². The number of rotatable bonds is 2. The van der Waals surface area contributed by atoms with Crippen LogP contribution in [-0.2, 0) is 4.74 Å². The monoisotopic (exact) mass is 186 g/mol. The molecule has 1 saturated heterocycles. The Morgan fingerprint density at radius 3 is 2.75 bits per heavy atom. The van der Waals surface area contributed by atoms with Crippen LogP contribution in [0.2, 0.25) is 0 Å². The zero-order chi connectivity index (χ0) is 8.55. The van der Waals surface area contributed by atoms with Crippen LogP contribution in [0.1, 0.15) is 0 Å². The molecule has 0 aromatic carbocycles. The fourth-order valence-corrected chi connectivity index (χ4v) is 2.04. The maximum absolute atomic E-state index is 5.29. The highest BCUT2D eigenvalue weighted by atomic mass is 32.1. The van der Waals surface area contributed by atoms with Crippen molar-refractivity contribution in [1.82, 2.24) is 10.6 Å². The van der Waals surface area contributed by atoms with Crippen LogP contribution >= 0.6 is 12.2 Å². The van der Waals surface area contributed by atoms with Crippen LogP contribution in [-0.4, -0.2) is 31.9 Å². The molecule has 0 bridgehead atoms. The van der Waals surface area contributed by atoms with E-state index in [2.05, 4.69) is 10.6 Å². The van der Waals surface area contributed by atoms with Crippen LogP contribution in [0.4, 0.5) is 0 Å². The first-order valence-electron chi connectivity index (χ1n) is 4.36. The summed E-state index contributed by atoms with van der Waals surface area (Å²) in [4.78, 5) is 0. The summed E-state index contributed by atoms with van der Waals surface area (Å²) in [5.41, 5.74) is 0. The lowest BCUT2D eigenvalue weighted by Gasteiger charge is -2.07. The van der Waals surface area contributed by atoms with Gasteiger partial charge in [0.05, 0.1) is 13.2 Å². The molecule has 1 aliphatic carbocycles. The minimum Gasteiger partial charge on any atom is -0.381 e. The number of fused-ring (bicyclic) bond motifs is 1. The van der Waals surface area contributed by atoms with E-state index in [1.165, 1.54) is 0 Å². The molecule has 2 rings (SSSR count).